The number of ether oxygens (including phenoxy) is 2. The molecule has 4 nitrogen and oxygen atoms in total. The van der Waals surface area contributed by atoms with E-state index in [0.29, 0.717) is 28.9 Å². The quantitative estimate of drug-likeness (QED) is 0.483. The van der Waals surface area contributed by atoms with Gasteiger partial charge in [0.05, 0.1) is 16.6 Å². The van der Waals surface area contributed by atoms with Crippen molar-refractivity contribution in [2.24, 2.45) is 0 Å². The average Bonchev–Trinajstić information content (AvgIpc) is 2.55. The van der Waals surface area contributed by atoms with Crippen LogP contribution in [0.1, 0.15) is 31.9 Å². The van der Waals surface area contributed by atoms with Crippen LogP contribution in [0.3, 0.4) is 0 Å². The summed E-state index contributed by atoms with van der Waals surface area (Å²) in [6.07, 6.45) is -0.391. The molecular formula is C20H22BrCl2NO3. The van der Waals surface area contributed by atoms with E-state index < -0.39 is 11.7 Å². The van der Waals surface area contributed by atoms with Gasteiger partial charge in [-0.15, -0.1) is 0 Å². The van der Waals surface area contributed by atoms with Gasteiger partial charge in [0.15, 0.2) is 0 Å². The zero-order chi connectivity index (χ0) is 20.2. The maximum atomic E-state index is 12.2. The molecule has 0 aliphatic heterocycles. The van der Waals surface area contributed by atoms with Crippen molar-refractivity contribution in [2.75, 3.05) is 7.05 Å². The topological polar surface area (TPSA) is 38.8 Å². The Labute approximate surface area is 178 Å². The molecule has 2 aromatic carbocycles. The van der Waals surface area contributed by atoms with E-state index in [4.69, 9.17) is 32.7 Å². The summed E-state index contributed by atoms with van der Waals surface area (Å²) in [6, 6.07) is 11.0. The van der Waals surface area contributed by atoms with Gasteiger partial charge in [-0.05, 0) is 56.7 Å². The molecule has 2 rings (SSSR count). The van der Waals surface area contributed by atoms with Gasteiger partial charge < -0.3 is 14.4 Å². The molecule has 0 heterocycles. The molecule has 27 heavy (non-hydrogen) atoms. The predicted octanol–water partition coefficient (Wildman–Crippen LogP) is 6.70. The number of carbonyl (C=O) groups excluding carboxylic acids is 1. The molecule has 0 saturated carbocycles. The third-order valence-corrected chi connectivity index (χ3v) is 4.75. The molecule has 0 spiro atoms. The first-order valence-corrected chi connectivity index (χ1v) is 9.89. The first-order chi connectivity index (χ1) is 12.5. The van der Waals surface area contributed by atoms with Crippen molar-refractivity contribution in [3.8, 4) is 5.75 Å². The summed E-state index contributed by atoms with van der Waals surface area (Å²) in [7, 11) is 1.69. The summed E-state index contributed by atoms with van der Waals surface area (Å²) in [4.78, 5) is 13.7. The van der Waals surface area contributed by atoms with E-state index in [-0.39, 0.29) is 0 Å². The van der Waals surface area contributed by atoms with Crippen LogP contribution in [0.4, 0.5) is 4.79 Å². The number of benzene rings is 2. The summed E-state index contributed by atoms with van der Waals surface area (Å²) in [6.45, 7) is 6.20. The second-order valence-corrected chi connectivity index (χ2v) is 8.86. The van der Waals surface area contributed by atoms with Crippen molar-refractivity contribution in [1.82, 2.24) is 4.90 Å². The SMILES string of the molecule is CN(Cc1cc(Br)ccc1OCc1ccc(Cl)c(Cl)c1)C(=O)OC(C)(C)C. The number of nitrogens with zero attached hydrogens (tertiary/aromatic N) is 1. The Morgan fingerprint density at radius 3 is 2.44 bits per heavy atom. The molecule has 0 radical (unpaired) electrons. The van der Waals surface area contributed by atoms with E-state index in [1.165, 1.54) is 4.90 Å². The lowest BCUT2D eigenvalue weighted by atomic mass is 10.2. The number of hydrogen-bond donors (Lipinski definition) is 0. The Hall–Kier alpha value is -1.43. The van der Waals surface area contributed by atoms with Crippen molar-refractivity contribution in [1.29, 1.82) is 0 Å². The van der Waals surface area contributed by atoms with Gasteiger partial charge in [-0.3, -0.25) is 0 Å². The Bertz CT molecular complexity index is 821. The number of carbonyl (C=O) groups is 1. The fraction of sp³-hybridized carbons (Fsp3) is 0.350. The minimum absolute atomic E-state index is 0.335. The van der Waals surface area contributed by atoms with Gasteiger partial charge in [-0.2, -0.15) is 0 Å². The molecule has 2 aromatic rings. The fourth-order valence-corrected chi connectivity index (χ4v) is 2.99. The van der Waals surface area contributed by atoms with Gasteiger partial charge in [-0.1, -0.05) is 45.2 Å². The van der Waals surface area contributed by atoms with E-state index in [9.17, 15) is 4.79 Å². The van der Waals surface area contributed by atoms with Crippen molar-refractivity contribution >= 4 is 45.2 Å². The molecular weight excluding hydrogens is 453 g/mol. The lowest BCUT2D eigenvalue weighted by molar-refractivity contribution is 0.0284. The first kappa shape index (κ1) is 21.9. The van der Waals surface area contributed by atoms with E-state index in [1.807, 2.05) is 45.0 Å². The highest BCUT2D eigenvalue weighted by atomic mass is 79.9. The number of rotatable bonds is 5. The molecule has 1 amide bonds. The smallest absolute Gasteiger partial charge is 0.410 e. The van der Waals surface area contributed by atoms with Crippen molar-refractivity contribution in [3.63, 3.8) is 0 Å². The van der Waals surface area contributed by atoms with Gasteiger partial charge in [0, 0.05) is 17.1 Å². The number of amides is 1. The summed E-state index contributed by atoms with van der Waals surface area (Å²) in [5.74, 6) is 0.680. The Morgan fingerprint density at radius 2 is 1.81 bits per heavy atom. The molecule has 0 aliphatic carbocycles. The lowest BCUT2D eigenvalue weighted by Crippen LogP contribution is -2.33. The average molecular weight is 475 g/mol. The van der Waals surface area contributed by atoms with Crippen LogP contribution in [0, 0.1) is 0 Å². The van der Waals surface area contributed by atoms with Crippen LogP contribution in [0.25, 0.3) is 0 Å². The lowest BCUT2D eigenvalue weighted by Gasteiger charge is -2.25. The van der Waals surface area contributed by atoms with Gasteiger partial charge in [0.2, 0.25) is 0 Å². The van der Waals surface area contributed by atoms with E-state index in [0.717, 1.165) is 15.6 Å². The molecule has 0 aliphatic rings. The number of halogens is 3. The minimum atomic E-state index is -0.546. The second kappa shape index (κ2) is 9.18. The largest absolute Gasteiger partial charge is 0.489 e. The van der Waals surface area contributed by atoms with E-state index >= 15 is 0 Å². The van der Waals surface area contributed by atoms with Crippen LogP contribution in [-0.4, -0.2) is 23.6 Å². The zero-order valence-electron chi connectivity index (χ0n) is 15.7. The van der Waals surface area contributed by atoms with Gasteiger partial charge in [0.1, 0.15) is 18.0 Å². The van der Waals surface area contributed by atoms with E-state index in [1.54, 1.807) is 19.2 Å². The van der Waals surface area contributed by atoms with Crippen LogP contribution in [-0.2, 0) is 17.9 Å². The first-order valence-electron chi connectivity index (χ1n) is 8.34. The molecule has 0 unspecified atom stereocenters. The highest BCUT2D eigenvalue weighted by molar-refractivity contribution is 9.10. The molecule has 0 atom stereocenters. The van der Waals surface area contributed by atoms with Crippen molar-refractivity contribution < 1.29 is 14.3 Å². The molecule has 146 valence electrons. The highest BCUT2D eigenvalue weighted by Gasteiger charge is 2.20. The predicted molar refractivity (Wildman–Crippen MR) is 113 cm³/mol. The molecule has 0 saturated heterocycles. The third-order valence-electron chi connectivity index (χ3n) is 3.51. The van der Waals surface area contributed by atoms with Crippen LogP contribution in [0.5, 0.6) is 5.75 Å². The highest BCUT2D eigenvalue weighted by Crippen LogP contribution is 2.27. The van der Waals surface area contributed by atoms with Gasteiger partial charge in [0.25, 0.3) is 0 Å². The van der Waals surface area contributed by atoms with Crippen LogP contribution in [0.15, 0.2) is 40.9 Å². The summed E-state index contributed by atoms with van der Waals surface area (Å²) < 4.78 is 12.3. The maximum absolute atomic E-state index is 12.2. The Balaban J connectivity index is 2.11. The normalized spacial score (nSPS) is 11.2. The van der Waals surface area contributed by atoms with Crippen LogP contribution >= 0.6 is 39.1 Å². The van der Waals surface area contributed by atoms with Crippen LogP contribution in [0.2, 0.25) is 10.0 Å². The molecule has 0 N–H and O–H groups in total. The second-order valence-electron chi connectivity index (χ2n) is 7.13. The van der Waals surface area contributed by atoms with Crippen molar-refractivity contribution in [2.45, 2.75) is 39.5 Å². The maximum Gasteiger partial charge on any atom is 0.410 e. The summed E-state index contributed by atoms with van der Waals surface area (Å²) >= 11 is 15.5. The Morgan fingerprint density at radius 1 is 1.11 bits per heavy atom. The van der Waals surface area contributed by atoms with Crippen LogP contribution < -0.4 is 4.74 Å². The Kier molecular flexibility index (Phi) is 7.43. The minimum Gasteiger partial charge on any atom is -0.489 e. The monoisotopic (exact) mass is 473 g/mol. The third kappa shape index (κ3) is 6.91. The van der Waals surface area contributed by atoms with Gasteiger partial charge in [-0.25, -0.2) is 4.79 Å². The molecule has 0 fully saturated rings. The molecule has 7 heteroatoms. The standard InChI is InChI=1S/C20H22BrCl2NO3/c1-20(2,3)27-19(25)24(4)11-14-10-15(21)6-8-18(14)26-12-13-5-7-16(22)17(23)9-13/h5-10H,11-12H2,1-4H3. The number of hydrogen-bond acceptors (Lipinski definition) is 3. The molecule has 0 aromatic heterocycles. The zero-order valence-corrected chi connectivity index (χ0v) is 18.8. The molecule has 0 bridgehead atoms. The van der Waals surface area contributed by atoms with Gasteiger partial charge >= 0.3 is 6.09 Å². The van der Waals surface area contributed by atoms with Crippen molar-refractivity contribution in [3.05, 3.63) is 62.0 Å². The van der Waals surface area contributed by atoms with E-state index in [2.05, 4.69) is 15.9 Å². The summed E-state index contributed by atoms with van der Waals surface area (Å²) in [5.41, 5.74) is 1.21. The summed E-state index contributed by atoms with van der Waals surface area (Å²) in [5, 5.41) is 0.988. The fourth-order valence-electron chi connectivity index (χ4n) is 2.26.